The number of likely N-dealkylation sites (tertiary alicyclic amines) is 1. The third kappa shape index (κ3) is 3.95. The molecule has 5 rings (SSSR count). The van der Waals surface area contributed by atoms with Crippen LogP contribution in [0.5, 0.6) is 5.75 Å². The Balaban J connectivity index is 1.41. The standard InChI is InChI=1S/C22H26N4O2S/c1-28-17-8-6-16(7-9-17)20-11-22(27)21(14-25(20)12-18-3-2-10-29-18)26-13-19(23-24-26)15-4-5-15/h2-3,6-10,13,15,20-22,27H,4-5,11-12,14H2,1H3. The number of thiophene rings is 1. The number of rotatable bonds is 6. The molecule has 0 bridgehead atoms. The van der Waals surface area contributed by atoms with Gasteiger partial charge in [0.25, 0.3) is 0 Å². The van der Waals surface area contributed by atoms with Gasteiger partial charge < -0.3 is 9.84 Å². The van der Waals surface area contributed by atoms with E-state index in [0.29, 0.717) is 12.3 Å². The van der Waals surface area contributed by atoms with Crippen molar-refractivity contribution in [2.75, 3.05) is 13.7 Å². The summed E-state index contributed by atoms with van der Waals surface area (Å²) in [6.07, 6.45) is 4.66. The van der Waals surface area contributed by atoms with Gasteiger partial charge in [-0.3, -0.25) is 4.90 Å². The fourth-order valence-electron chi connectivity index (χ4n) is 4.25. The molecule has 3 aromatic rings. The van der Waals surface area contributed by atoms with E-state index in [0.717, 1.165) is 24.5 Å². The minimum absolute atomic E-state index is 0.0792. The van der Waals surface area contributed by atoms with Crippen molar-refractivity contribution in [3.63, 3.8) is 0 Å². The molecule has 7 heteroatoms. The maximum atomic E-state index is 11.0. The van der Waals surface area contributed by atoms with Gasteiger partial charge in [0.1, 0.15) is 5.75 Å². The second kappa shape index (κ2) is 7.89. The van der Waals surface area contributed by atoms with Crippen molar-refractivity contribution in [2.45, 2.75) is 49.9 Å². The number of aliphatic hydroxyl groups excluding tert-OH is 1. The fourth-order valence-corrected chi connectivity index (χ4v) is 4.98. The van der Waals surface area contributed by atoms with E-state index >= 15 is 0 Å². The Kier molecular flexibility index (Phi) is 5.11. The molecule has 0 amide bonds. The van der Waals surface area contributed by atoms with Crippen LogP contribution in [0.2, 0.25) is 0 Å². The van der Waals surface area contributed by atoms with Crippen LogP contribution in [0, 0.1) is 0 Å². The summed E-state index contributed by atoms with van der Waals surface area (Å²) in [5, 5.41) is 21.9. The van der Waals surface area contributed by atoms with Crippen molar-refractivity contribution in [3.8, 4) is 5.75 Å². The van der Waals surface area contributed by atoms with Crippen LogP contribution in [0.25, 0.3) is 0 Å². The van der Waals surface area contributed by atoms with Crippen molar-refractivity contribution in [3.05, 3.63) is 64.1 Å². The first-order chi connectivity index (χ1) is 14.2. The lowest BCUT2D eigenvalue weighted by atomic mass is 9.90. The smallest absolute Gasteiger partial charge is 0.118 e. The molecule has 3 heterocycles. The van der Waals surface area contributed by atoms with Crippen LogP contribution in [0.15, 0.2) is 48.0 Å². The number of piperidine rings is 1. The topological polar surface area (TPSA) is 63.4 Å². The minimum atomic E-state index is -0.463. The maximum absolute atomic E-state index is 11.0. The molecule has 3 unspecified atom stereocenters. The molecule has 1 N–H and O–H groups in total. The van der Waals surface area contributed by atoms with Crippen LogP contribution in [-0.4, -0.2) is 44.8 Å². The Morgan fingerprint density at radius 3 is 2.72 bits per heavy atom. The second-order valence-corrected chi connectivity index (χ2v) is 9.10. The molecule has 2 fully saturated rings. The van der Waals surface area contributed by atoms with Gasteiger partial charge in [-0.15, -0.1) is 16.4 Å². The first-order valence-corrected chi connectivity index (χ1v) is 11.1. The summed E-state index contributed by atoms with van der Waals surface area (Å²) in [6, 6.07) is 12.6. The predicted molar refractivity (Wildman–Crippen MR) is 112 cm³/mol. The number of hydrogen-bond acceptors (Lipinski definition) is 6. The van der Waals surface area contributed by atoms with E-state index < -0.39 is 6.10 Å². The van der Waals surface area contributed by atoms with Gasteiger partial charge in [-0.25, -0.2) is 4.68 Å². The number of aliphatic hydroxyl groups is 1. The highest BCUT2D eigenvalue weighted by Gasteiger charge is 2.38. The maximum Gasteiger partial charge on any atom is 0.118 e. The number of benzene rings is 1. The zero-order valence-electron chi connectivity index (χ0n) is 16.5. The van der Waals surface area contributed by atoms with Gasteiger partial charge in [-0.1, -0.05) is 23.4 Å². The normalized spacial score (nSPS) is 25.2. The van der Waals surface area contributed by atoms with Crippen molar-refractivity contribution in [2.24, 2.45) is 0 Å². The predicted octanol–water partition coefficient (Wildman–Crippen LogP) is 3.77. The van der Waals surface area contributed by atoms with Gasteiger partial charge in [0.15, 0.2) is 0 Å². The zero-order valence-corrected chi connectivity index (χ0v) is 17.3. The number of nitrogens with zero attached hydrogens (tertiary/aromatic N) is 4. The van der Waals surface area contributed by atoms with Crippen LogP contribution in [-0.2, 0) is 6.54 Å². The summed E-state index contributed by atoms with van der Waals surface area (Å²) in [4.78, 5) is 3.79. The summed E-state index contributed by atoms with van der Waals surface area (Å²) in [5.74, 6) is 1.42. The summed E-state index contributed by atoms with van der Waals surface area (Å²) in [6.45, 7) is 1.60. The average Bonchev–Trinajstić information content (AvgIpc) is 3.25. The van der Waals surface area contributed by atoms with Gasteiger partial charge in [0.2, 0.25) is 0 Å². The highest BCUT2D eigenvalue weighted by Crippen LogP contribution is 2.40. The molecule has 29 heavy (non-hydrogen) atoms. The van der Waals surface area contributed by atoms with E-state index in [9.17, 15) is 5.11 Å². The number of aromatic nitrogens is 3. The molecule has 1 saturated heterocycles. The molecule has 6 nitrogen and oxygen atoms in total. The number of ether oxygens (including phenoxy) is 1. The quantitative estimate of drug-likeness (QED) is 0.670. The molecule has 2 aromatic heterocycles. The number of hydrogen-bond donors (Lipinski definition) is 1. The molecular formula is C22H26N4O2S. The third-order valence-corrected chi connectivity index (χ3v) is 6.94. The second-order valence-electron chi connectivity index (χ2n) is 8.07. The van der Waals surface area contributed by atoms with E-state index in [4.69, 9.17) is 4.74 Å². The van der Waals surface area contributed by atoms with Gasteiger partial charge >= 0.3 is 0 Å². The lowest BCUT2D eigenvalue weighted by Crippen LogP contribution is -2.45. The first-order valence-electron chi connectivity index (χ1n) is 10.2. The molecule has 1 saturated carbocycles. The first kappa shape index (κ1) is 18.8. The Morgan fingerprint density at radius 2 is 2.03 bits per heavy atom. The molecule has 0 spiro atoms. The van der Waals surface area contributed by atoms with Crippen LogP contribution in [0.4, 0.5) is 0 Å². The lowest BCUT2D eigenvalue weighted by molar-refractivity contribution is -0.0105. The largest absolute Gasteiger partial charge is 0.497 e. The summed E-state index contributed by atoms with van der Waals surface area (Å²) >= 11 is 1.78. The van der Waals surface area contributed by atoms with E-state index in [1.54, 1.807) is 18.4 Å². The van der Waals surface area contributed by atoms with Crippen LogP contribution in [0.1, 0.15) is 53.4 Å². The van der Waals surface area contributed by atoms with E-state index in [-0.39, 0.29) is 12.1 Å². The van der Waals surface area contributed by atoms with E-state index in [1.165, 1.54) is 23.3 Å². The van der Waals surface area contributed by atoms with Gasteiger partial charge in [-0.2, -0.15) is 0 Å². The third-order valence-electron chi connectivity index (χ3n) is 6.07. The molecule has 152 valence electrons. The molecular weight excluding hydrogens is 384 g/mol. The minimum Gasteiger partial charge on any atom is -0.497 e. The molecule has 2 aliphatic rings. The summed E-state index contributed by atoms with van der Waals surface area (Å²) in [7, 11) is 1.68. The highest BCUT2D eigenvalue weighted by atomic mass is 32.1. The highest BCUT2D eigenvalue weighted by molar-refractivity contribution is 7.09. The Hall–Kier alpha value is -2.22. The lowest BCUT2D eigenvalue weighted by Gasteiger charge is -2.42. The van der Waals surface area contributed by atoms with Gasteiger partial charge in [0, 0.05) is 36.1 Å². The SMILES string of the molecule is COc1ccc(C2CC(O)C(n3cc(C4CC4)nn3)CN2Cc2cccs2)cc1. The van der Waals surface area contributed by atoms with Crippen LogP contribution < -0.4 is 4.74 Å². The van der Waals surface area contributed by atoms with Gasteiger partial charge in [0.05, 0.1) is 24.9 Å². The number of methoxy groups -OCH3 is 1. The van der Waals surface area contributed by atoms with Crippen molar-refractivity contribution in [1.29, 1.82) is 0 Å². The summed E-state index contributed by atoms with van der Waals surface area (Å²) in [5.41, 5.74) is 2.27. The molecule has 3 atom stereocenters. The van der Waals surface area contributed by atoms with Gasteiger partial charge in [-0.05, 0) is 48.4 Å². The Morgan fingerprint density at radius 1 is 1.21 bits per heavy atom. The van der Waals surface area contributed by atoms with Crippen molar-refractivity contribution in [1.82, 2.24) is 19.9 Å². The zero-order chi connectivity index (χ0) is 19.8. The molecule has 1 aliphatic carbocycles. The molecule has 1 aromatic carbocycles. The summed E-state index contributed by atoms with van der Waals surface area (Å²) < 4.78 is 7.20. The monoisotopic (exact) mass is 410 g/mol. The molecule has 0 radical (unpaired) electrons. The van der Waals surface area contributed by atoms with Crippen molar-refractivity contribution >= 4 is 11.3 Å². The van der Waals surface area contributed by atoms with E-state index in [2.05, 4.69) is 44.9 Å². The van der Waals surface area contributed by atoms with Crippen LogP contribution in [0.3, 0.4) is 0 Å². The van der Waals surface area contributed by atoms with Crippen molar-refractivity contribution < 1.29 is 9.84 Å². The van der Waals surface area contributed by atoms with E-state index in [1.807, 2.05) is 23.0 Å². The average molecular weight is 411 g/mol. The molecule has 1 aliphatic heterocycles. The Bertz CT molecular complexity index is 936. The fraction of sp³-hybridized carbons (Fsp3) is 0.455. The van der Waals surface area contributed by atoms with Crippen LogP contribution >= 0.6 is 11.3 Å². The Labute approximate surface area is 174 Å².